The van der Waals surface area contributed by atoms with E-state index in [0.717, 1.165) is 18.2 Å². The van der Waals surface area contributed by atoms with Crippen LogP contribution in [0.1, 0.15) is 23.6 Å². The molecule has 134 valence electrons. The number of halogens is 1. The molecule has 0 spiro atoms. The quantitative estimate of drug-likeness (QED) is 0.739. The third kappa shape index (κ3) is 7.25. The summed E-state index contributed by atoms with van der Waals surface area (Å²) in [5.41, 5.74) is 1.82. The van der Waals surface area contributed by atoms with Crippen molar-refractivity contribution in [3.8, 4) is 0 Å². The van der Waals surface area contributed by atoms with Gasteiger partial charge in [0.25, 0.3) is 0 Å². The van der Waals surface area contributed by atoms with E-state index in [2.05, 4.69) is 10.0 Å². The number of amides is 1. The summed E-state index contributed by atoms with van der Waals surface area (Å²) >= 11 is 5.86. The standard InChI is InChI=1S/C18H21ClN2O3S/c1-25(23,24)21-17(15-7-9-16(19)10-8-15)13-18(22)20-12-11-14-5-3-2-4-6-14/h2-10,17,21H,11-13H2,1H3,(H,20,22)/t17-/m1/s1. The fraction of sp³-hybridized carbons (Fsp3) is 0.278. The lowest BCUT2D eigenvalue weighted by Crippen LogP contribution is -2.34. The van der Waals surface area contributed by atoms with Crippen LogP contribution in [0.15, 0.2) is 54.6 Å². The Bertz CT molecular complexity index is 793. The molecule has 0 aliphatic carbocycles. The molecule has 1 amide bonds. The van der Waals surface area contributed by atoms with Gasteiger partial charge in [0, 0.05) is 18.0 Å². The third-order valence-electron chi connectivity index (χ3n) is 3.60. The zero-order chi connectivity index (χ0) is 18.3. The smallest absolute Gasteiger partial charge is 0.221 e. The Balaban J connectivity index is 1.95. The molecule has 0 radical (unpaired) electrons. The second kappa shape index (κ2) is 8.99. The fourth-order valence-electron chi connectivity index (χ4n) is 2.43. The van der Waals surface area contributed by atoms with Crippen LogP contribution in [0.4, 0.5) is 0 Å². The van der Waals surface area contributed by atoms with Gasteiger partial charge >= 0.3 is 0 Å². The second-order valence-corrected chi connectivity index (χ2v) is 8.00. The average Bonchev–Trinajstić information content (AvgIpc) is 2.54. The van der Waals surface area contributed by atoms with Gasteiger partial charge in [-0.3, -0.25) is 4.79 Å². The maximum Gasteiger partial charge on any atom is 0.221 e. The van der Waals surface area contributed by atoms with Gasteiger partial charge in [-0.15, -0.1) is 0 Å². The SMILES string of the molecule is CS(=O)(=O)N[C@H](CC(=O)NCCc1ccccc1)c1ccc(Cl)cc1. The van der Waals surface area contributed by atoms with Gasteiger partial charge in [0.05, 0.1) is 12.3 Å². The van der Waals surface area contributed by atoms with Crippen molar-refractivity contribution in [1.29, 1.82) is 0 Å². The van der Waals surface area contributed by atoms with Crippen molar-refractivity contribution in [2.24, 2.45) is 0 Å². The molecule has 2 rings (SSSR count). The van der Waals surface area contributed by atoms with Crippen molar-refractivity contribution in [3.05, 3.63) is 70.7 Å². The molecule has 1 atom stereocenters. The number of benzene rings is 2. The van der Waals surface area contributed by atoms with Gasteiger partial charge in [-0.25, -0.2) is 13.1 Å². The Kier molecular flexibility index (Phi) is 6.99. The number of sulfonamides is 1. The number of carbonyl (C=O) groups excluding carboxylic acids is 1. The first kappa shape index (κ1) is 19.4. The summed E-state index contributed by atoms with van der Waals surface area (Å²) in [6.45, 7) is 0.495. The summed E-state index contributed by atoms with van der Waals surface area (Å²) in [5, 5.41) is 3.38. The Morgan fingerprint density at radius 3 is 2.32 bits per heavy atom. The predicted molar refractivity (Wildman–Crippen MR) is 99.9 cm³/mol. The van der Waals surface area contributed by atoms with E-state index in [0.29, 0.717) is 17.1 Å². The van der Waals surface area contributed by atoms with Crippen LogP contribution in [0.2, 0.25) is 5.02 Å². The molecule has 0 saturated carbocycles. The highest BCUT2D eigenvalue weighted by Gasteiger charge is 2.19. The van der Waals surface area contributed by atoms with Gasteiger partial charge in [0.1, 0.15) is 0 Å². The highest BCUT2D eigenvalue weighted by molar-refractivity contribution is 7.88. The molecular formula is C18H21ClN2O3S. The molecule has 2 aromatic carbocycles. The molecule has 0 heterocycles. The molecule has 5 nitrogen and oxygen atoms in total. The normalized spacial score (nSPS) is 12.6. The van der Waals surface area contributed by atoms with E-state index in [4.69, 9.17) is 11.6 Å². The first-order valence-corrected chi connectivity index (χ1v) is 10.1. The maximum atomic E-state index is 12.2. The van der Waals surface area contributed by atoms with Crippen molar-refractivity contribution in [1.82, 2.24) is 10.0 Å². The average molecular weight is 381 g/mol. The van der Waals surface area contributed by atoms with Gasteiger partial charge in [-0.05, 0) is 29.7 Å². The topological polar surface area (TPSA) is 75.3 Å². The molecule has 0 saturated heterocycles. The minimum Gasteiger partial charge on any atom is -0.356 e. The van der Waals surface area contributed by atoms with Gasteiger partial charge in [-0.2, -0.15) is 0 Å². The Hall–Kier alpha value is -1.89. The Morgan fingerprint density at radius 2 is 1.72 bits per heavy atom. The van der Waals surface area contributed by atoms with Gasteiger partial charge in [0.15, 0.2) is 0 Å². The summed E-state index contributed by atoms with van der Waals surface area (Å²) in [4.78, 5) is 12.2. The number of hydrogen-bond acceptors (Lipinski definition) is 3. The fourth-order valence-corrected chi connectivity index (χ4v) is 3.29. The van der Waals surface area contributed by atoms with Crippen molar-refractivity contribution in [3.63, 3.8) is 0 Å². The predicted octanol–water partition coefficient (Wildman–Crippen LogP) is 2.68. The zero-order valence-corrected chi connectivity index (χ0v) is 15.5. The largest absolute Gasteiger partial charge is 0.356 e. The van der Waals surface area contributed by atoms with E-state index < -0.39 is 16.1 Å². The van der Waals surface area contributed by atoms with Crippen molar-refractivity contribution in [2.75, 3.05) is 12.8 Å². The first-order chi connectivity index (χ1) is 11.8. The summed E-state index contributed by atoms with van der Waals surface area (Å²) in [6.07, 6.45) is 1.81. The lowest BCUT2D eigenvalue weighted by Gasteiger charge is -2.18. The molecule has 7 heteroatoms. The molecule has 0 aliphatic rings. The van der Waals surface area contributed by atoms with Crippen LogP contribution in [0.5, 0.6) is 0 Å². The molecule has 0 aliphatic heterocycles. The number of nitrogens with one attached hydrogen (secondary N) is 2. The number of hydrogen-bond donors (Lipinski definition) is 2. The van der Waals surface area contributed by atoms with Gasteiger partial charge < -0.3 is 5.32 Å². The summed E-state index contributed by atoms with van der Waals surface area (Å²) in [7, 11) is -3.45. The van der Waals surface area contributed by atoms with Crippen molar-refractivity contribution in [2.45, 2.75) is 18.9 Å². The zero-order valence-electron chi connectivity index (χ0n) is 13.9. The molecule has 0 bridgehead atoms. The first-order valence-electron chi connectivity index (χ1n) is 7.87. The lowest BCUT2D eigenvalue weighted by molar-refractivity contribution is -0.121. The summed E-state index contributed by atoms with van der Waals surface area (Å²) in [6, 6.07) is 15.9. The van der Waals surface area contributed by atoms with E-state index in [9.17, 15) is 13.2 Å². The number of carbonyl (C=O) groups is 1. The van der Waals surface area contributed by atoms with Crippen LogP contribution in [0.3, 0.4) is 0 Å². The monoisotopic (exact) mass is 380 g/mol. The molecule has 25 heavy (non-hydrogen) atoms. The molecule has 0 aromatic heterocycles. The van der Waals surface area contributed by atoms with Crippen LogP contribution in [0, 0.1) is 0 Å². The molecule has 2 aromatic rings. The highest BCUT2D eigenvalue weighted by Crippen LogP contribution is 2.20. The third-order valence-corrected chi connectivity index (χ3v) is 4.56. The summed E-state index contributed by atoms with van der Waals surface area (Å²) < 4.78 is 25.7. The molecule has 0 fully saturated rings. The molecular weight excluding hydrogens is 360 g/mol. The lowest BCUT2D eigenvalue weighted by atomic mass is 10.0. The van der Waals surface area contributed by atoms with Gasteiger partial charge in [0.2, 0.25) is 15.9 Å². The minimum atomic E-state index is -3.45. The Labute approximate surface area is 153 Å². The van der Waals surface area contributed by atoms with Crippen molar-refractivity contribution < 1.29 is 13.2 Å². The van der Waals surface area contributed by atoms with Crippen LogP contribution in [-0.4, -0.2) is 27.1 Å². The molecule has 0 unspecified atom stereocenters. The van der Waals surface area contributed by atoms with E-state index >= 15 is 0 Å². The summed E-state index contributed by atoms with van der Waals surface area (Å²) in [5.74, 6) is -0.216. The highest BCUT2D eigenvalue weighted by atomic mass is 35.5. The van der Waals surface area contributed by atoms with Crippen molar-refractivity contribution >= 4 is 27.5 Å². The van der Waals surface area contributed by atoms with E-state index in [1.165, 1.54) is 0 Å². The van der Waals surface area contributed by atoms with Crippen LogP contribution >= 0.6 is 11.6 Å². The second-order valence-electron chi connectivity index (χ2n) is 5.78. The van der Waals surface area contributed by atoms with E-state index in [1.54, 1.807) is 24.3 Å². The maximum absolute atomic E-state index is 12.2. The molecule has 2 N–H and O–H groups in total. The Morgan fingerprint density at radius 1 is 1.08 bits per heavy atom. The van der Waals surface area contributed by atoms with Crippen LogP contribution < -0.4 is 10.0 Å². The van der Waals surface area contributed by atoms with Gasteiger partial charge in [-0.1, -0.05) is 54.1 Å². The minimum absolute atomic E-state index is 0.0174. The van der Waals surface area contributed by atoms with E-state index in [1.807, 2.05) is 30.3 Å². The van der Waals surface area contributed by atoms with Crippen LogP contribution in [-0.2, 0) is 21.2 Å². The van der Waals surface area contributed by atoms with E-state index in [-0.39, 0.29) is 12.3 Å². The number of rotatable bonds is 8. The van der Waals surface area contributed by atoms with Crippen LogP contribution in [0.25, 0.3) is 0 Å².